The van der Waals surface area contributed by atoms with Crippen LogP contribution in [0.25, 0.3) is 11.8 Å². The number of allylic oxidation sites excluding steroid dienone is 1. The van der Waals surface area contributed by atoms with Gasteiger partial charge in [0.2, 0.25) is 9.84 Å². The van der Waals surface area contributed by atoms with Crippen molar-refractivity contribution in [2.24, 2.45) is 0 Å². The van der Waals surface area contributed by atoms with Crippen molar-refractivity contribution in [3.05, 3.63) is 87.5 Å². The van der Waals surface area contributed by atoms with Crippen LogP contribution in [-0.4, -0.2) is 13.0 Å². The Hall–Kier alpha value is -2.52. The largest absolute Gasteiger partial charge is 0.317 e. The molecule has 0 spiro atoms. The van der Waals surface area contributed by atoms with Gasteiger partial charge in [0.25, 0.3) is 0 Å². The highest BCUT2D eigenvalue weighted by Gasteiger charge is 2.21. The Kier molecular flexibility index (Phi) is 5.19. The Balaban J connectivity index is 2.11. The minimum Gasteiger partial charge on any atom is -0.317 e. The number of rotatable bonds is 4. The van der Waals surface area contributed by atoms with Crippen LogP contribution in [0.4, 0.5) is 0 Å². The Labute approximate surface area is 161 Å². The number of hydrogen-bond acceptors (Lipinski definition) is 3. The van der Waals surface area contributed by atoms with Gasteiger partial charge in [0.15, 0.2) is 4.91 Å². The lowest BCUT2D eigenvalue weighted by atomic mass is 10.3. The zero-order valence-corrected chi connectivity index (χ0v) is 15.6. The summed E-state index contributed by atoms with van der Waals surface area (Å²) in [5, 5.41) is 10.3. The van der Waals surface area contributed by atoms with Crippen molar-refractivity contribution in [1.82, 2.24) is 4.57 Å². The first-order valence-corrected chi connectivity index (χ1v) is 9.71. The maximum atomic E-state index is 12.7. The van der Waals surface area contributed by atoms with E-state index in [4.69, 9.17) is 23.2 Å². The standard InChI is InChI=1S/C19H12Cl2N2O2S/c20-14-9-15(21)11-17(10-14)23-8-4-5-16(23)12-19(13-22)26(24,25)18-6-2-1-3-7-18/h1-12H. The van der Waals surface area contributed by atoms with Crippen molar-refractivity contribution in [2.75, 3.05) is 0 Å². The van der Waals surface area contributed by atoms with E-state index in [1.807, 2.05) is 0 Å². The second-order valence-corrected chi connectivity index (χ2v) is 8.16. The lowest BCUT2D eigenvalue weighted by Crippen LogP contribution is -2.04. The molecular formula is C19H12Cl2N2O2S. The van der Waals surface area contributed by atoms with Gasteiger partial charge in [0.05, 0.1) is 4.90 Å². The number of nitrogens with zero attached hydrogens (tertiary/aromatic N) is 2. The lowest BCUT2D eigenvalue weighted by molar-refractivity contribution is 0.603. The van der Waals surface area contributed by atoms with Gasteiger partial charge in [0, 0.05) is 27.6 Å². The molecule has 130 valence electrons. The summed E-state index contributed by atoms with van der Waals surface area (Å²) in [5.74, 6) is 0. The normalized spacial score (nSPS) is 12.0. The van der Waals surface area contributed by atoms with E-state index in [0.29, 0.717) is 21.4 Å². The summed E-state index contributed by atoms with van der Waals surface area (Å²) in [6, 6.07) is 18.1. The molecule has 26 heavy (non-hydrogen) atoms. The molecule has 3 rings (SSSR count). The second-order valence-electron chi connectivity index (χ2n) is 5.37. The van der Waals surface area contributed by atoms with Gasteiger partial charge in [-0.3, -0.25) is 0 Å². The zero-order chi connectivity index (χ0) is 18.7. The fourth-order valence-electron chi connectivity index (χ4n) is 2.46. The van der Waals surface area contributed by atoms with Crippen LogP contribution in [-0.2, 0) is 9.84 Å². The molecule has 0 N–H and O–H groups in total. The number of nitriles is 1. The first-order chi connectivity index (χ1) is 12.4. The maximum absolute atomic E-state index is 12.7. The monoisotopic (exact) mass is 402 g/mol. The number of halogens is 2. The third-order valence-electron chi connectivity index (χ3n) is 3.64. The molecule has 0 atom stereocenters. The third kappa shape index (κ3) is 3.68. The fourth-order valence-corrected chi connectivity index (χ4v) is 4.14. The predicted molar refractivity (Wildman–Crippen MR) is 103 cm³/mol. The molecule has 0 amide bonds. The van der Waals surface area contributed by atoms with E-state index in [2.05, 4.69) is 0 Å². The lowest BCUT2D eigenvalue weighted by Gasteiger charge is -2.09. The number of benzene rings is 2. The summed E-state index contributed by atoms with van der Waals surface area (Å²) < 4.78 is 27.1. The van der Waals surface area contributed by atoms with Crippen LogP contribution in [0.5, 0.6) is 0 Å². The minimum absolute atomic E-state index is 0.0664. The predicted octanol–water partition coefficient (Wildman–Crippen LogP) is 5.12. The molecule has 1 heterocycles. The van der Waals surface area contributed by atoms with Crippen LogP contribution >= 0.6 is 23.2 Å². The first-order valence-electron chi connectivity index (χ1n) is 7.47. The van der Waals surface area contributed by atoms with Gasteiger partial charge in [-0.2, -0.15) is 5.26 Å². The minimum atomic E-state index is -3.91. The third-order valence-corrected chi connectivity index (χ3v) is 5.76. The van der Waals surface area contributed by atoms with E-state index in [1.165, 1.54) is 18.2 Å². The molecule has 0 aliphatic heterocycles. The van der Waals surface area contributed by atoms with E-state index in [-0.39, 0.29) is 9.80 Å². The molecule has 0 saturated heterocycles. The molecule has 3 aromatic rings. The smallest absolute Gasteiger partial charge is 0.216 e. The molecule has 0 saturated carbocycles. The van der Waals surface area contributed by atoms with Crippen LogP contribution in [0.1, 0.15) is 5.69 Å². The molecule has 7 heteroatoms. The SMILES string of the molecule is N#CC(=Cc1cccn1-c1cc(Cl)cc(Cl)c1)S(=O)(=O)c1ccccc1. The van der Waals surface area contributed by atoms with Crippen molar-refractivity contribution in [3.8, 4) is 11.8 Å². The number of hydrogen-bond donors (Lipinski definition) is 0. The average Bonchev–Trinajstić information content (AvgIpc) is 3.07. The average molecular weight is 403 g/mol. The number of aromatic nitrogens is 1. The van der Waals surface area contributed by atoms with Crippen molar-refractivity contribution < 1.29 is 8.42 Å². The van der Waals surface area contributed by atoms with Gasteiger partial charge >= 0.3 is 0 Å². The van der Waals surface area contributed by atoms with Crippen molar-refractivity contribution >= 4 is 39.1 Å². The zero-order valence-electron chi connectivity index (χ0n) is 13.3. The molecule has 0 unspecified atom stereocenters. The summed E-state index contributed by atoms with van der Waals surface area (Å²) in [6.45, 7) is 0. The first kappa shape index (κ1) is 18.3. The van der Waals surface area contributed by atoms with Crippen LogP contribution < -0.4 is 0 Å². The van der Waals surface area contributed by atoms with E-state index in [0.717, 1.165) is 0 Å². The summed E-state index contributed by atoms with van der Waals surface area (Å²) in [4.78, 5) is -0.284. The van der Waals surface area contributed by atoms with Gasteiger partial charge in [-0.05, 0) is 48.5 Å². The van der Waals surface area contributed by atoms with Crippen molar-refractivity contribution in [2.45, 2.75) is 4.90 Å². The summed E-state index contributed by atoms with van der Waals surface area (Å²) in [6.07, 6.45) is 3.06. The van der Waals surface area contributed by atoms with Gasteiger partial charge in [-0.15, -0.1) is 0 Å². The Morgan fingerprint density at radius 2 is 1.65 bits per heavy atom. The Bertz CT molecular complexity index is 1110. The topological polar surface area (TPSA) is 62.9 Å². The van der Waals surface area contributed by atoms with Crippen LogP contribution in [0.3, 0.4) is 0 Å². The summed E-state index contributed by atoms with van der Waals surface area (Å²) in [5.41, 5.74) is 1.17. The highest BCUT2D eigenvalue weighted by atomic mass is 35.5. The molecule has 1 aromatic heterocycles. The molecular weight excluding hydrogens is 391 g/mol. The van der Waals surface area contributed by atoms with Crippen molar-refractivity contribution in [3.63, 3.8) is 0 Å². The highest BCUT2D eigenvalue weighted by Crippen LogP contribution is 2.26. The Morgan fingerprint density at radius 1 is 1.00 bits per heavy atom. The molecule has 0 radical (unpaired) electrons. The quantitative estimate of drug-likeness (QED) is 0.568. The second kappa shape index (κ2) is 7.38. The number of sulfone groups is 1. The van der Waals surface area contributed by atoms with Gasteiger partial charge in [-0.25, -0.2) is 8.42 Å². The van der Waals surface area contributed by atoms with Gasteiger partial charge in [-0.1, -0.05) is 41.4 Å². The fraction of sp³-hybridized carbons (Fsp3) is 0. The summed E-state index contributed by atoms with van der Waals surface area (Å²) >= 11 is 12.1. The molecule has 2 aromatic carbocycles. The van der Waals surface area contributed by atoms with Gasteiger partial charge < -0.3 is 4.57 Å². The van der Waals surface area contributed by atoms with E-state index >= 15 is 0 Å². The van der Waals surface area contributed by atoms with E-state index < -0.39 is 9.84 Å². The van der Waals surface area contributed by atoms with Gasteiger partial charge in [0.1, 0.15) is 6.07 Å². The van der Waals surface area contributed by atoms with Crippen LogP contribution in [0.2, 0.25) is 10.0 Å². The van der Waals surface area contributed by atoms with E-state index in [1.54, 1.807) is 65.4 Å². The molecule has 4 nitrogen and oxygen atoms in total. The van der Waals surface area contributed by atoms with Crippen LogP contribution in [0, 0.1) is 11.3 Å². The van der Waals surface area contributed by atoms with Crippen LogP contribution in [0.15, 0.2) is 76.7 Å². The molecule has 0 aliphatic rings. The van der Waals surface area contributed by atoms with Crippen molar-refractivity contribution in [1.29, 1.82) is 5.26 Å². The molecule has 0 aliphatic carbocycles. The highest BCUT2D eigenvalue weighted by molar-refractivity contribution is 7.95. The molecule has 0 bridgehead atoms. The summed E-state index contributed by atoms with van der Waals surface area (Å²) in [7, 11) is -3.91. The Morgan fingerprint density at radius 3 is 2.27 bits per heavy atom. The molecule has 0 fully saturated rings. The van der Waals surface area contributed by atoms with E-state index in [9.17, 15) is 13.7 Å². The maximum Gasteiger partial charge on any atom is 0.216 e.